The summed E-state index contributed by atoms with van der Waals surface area (Å²) in [5.74, 6) is -0.414. The Balaban J connectivity index is 2.21. The zero-order chi connectivity index (χ0) is 15.7. The van der Waals surface area contributed by atoms with Gasteiger partial charge in [-0.25, -0.2) is 4.79 Å². The Morgan fingerprint density at radius 1 is 1.19 bits per heavy atom. The Bertz CT molecular complexity index is 507. The average molecular weight is 290 g/mol. The molecular formula is C16H22N2O3. The SMILES string of the molecule is COC(=O)/C(C)=C/CNCCNC(=O)c1ccc(C)cc1. The van der Waals surface area contributed by atoms with E-state index in [1.807, 2.05) is 19.1 Å². The highest BCUT2D eigenvalue weighted by Gasteiger charge is 2.03. The lowest BCUT2D eigenvalue weighted by atomic mass is 10.1. The summed E-state index contributed by atoms with van der Waals surface area (Å²) in [7, 11) is 1.35. The van der Waals surface area contributed by atoms with E-state index in [1.165, 1.54) is 7.11 Å². The van der Waals surface area contributed by atoms with Gasteiger partial charge in [0.1, 0.15) is 0 Å². The van der Waals surface area contributed by atoms with E-state index in [1.54, 1.807) is 25.1 Å². The van der Waals surface area contributed by atoms with Gasteiger partial charge in [0.05, 0.1) is 7.11 Å². The lowest BCUT2D eigenvalue weighted by Crippen LogP contribution is -2.32. The molecule has 5 nitrogen and oxygen atoms in total. The van der Waals surface area contributed by atoms with Crippen LogP contribution in [0.3, 0.4) is 0 Å². The second-order valence-corrected chi connectivity index (χ2v) is 4.70. The summed E-state index contributed by atoms with van der Waals surface area (Å²) in [5.41, 5.74) is 2.34. The number of nitrogens with one attached hydrogen (secondary N) is 2. The molecular weight excluding hydrogens is 268 g/mol. The van der Waals surface area contributed by atoms with E-state index in [-0.39, 0.29) is 11.9 Å². The highest BCUT2D eigenvalue weighted by Crippen LogP contribution is 2.02. The van der Waals surface area contributed by atoms with Crippen LogP contribution in [0.5, 0.6) is 0 Å². The number of methoxy groups -OCH3 is 1. The molecule has 2 N–H and O–H groups in total. The summed E-state index contributed by atoms with van der Waals surface area (Å²) in [6, 6.07) is 7.43. The predicted octanol–water partition coefficient (Wildman–Crippen LogP) is 1.43. The van der Waals surface area contributed by atoms with Gasteiger partial charge < -0.3 is 15.4 Å². The molecule has 0 atom stereocenters. The molecule has 21 heavy (non-hydrogen) atoms. The van der Waals surface area contributed by atoms with E-state index < -0.39 is 0 Å². The van der Waals surface area contributed by atoms with Crippen LogP contribution in [0, 0.1) is 6.92 Å². The molecule has 0 radical (unpaired) electrons. The molecule has 0 spiro atoms. The van der Waals surface area contributed by atoms with Gasteiger partial charge in [0.2, 0.25) is 0 Å². The molecule has 0 heterocycles. The predicted molar refractivity (Wildman–Crippen MR) is 82.2 cm³/mol. The first kappa shape index (κ1) is 16.9. The van der Waals surface area contributed by atoms with Crippen molar-refractivity contribution in [3.05, 3.63) is 47.0 Å². The van der Waals surface area contributed by atoms with Gasteiger partial charge in [-0.2, -0.15) is 0 Å². The van der Waals surface area contributed by atoms with Crippen LogP contribution in [0.15, 0.2) is 35.9 Å². The Morgan fingerprint density at radius 3 is 2.48 bits per heavy atom. The highest BCUT2D eigenvalue weighted by atomic mass is 16.5. The van der Waals surface area contributed by atoms with E-state index >= 15 is 0 Å². The molecule has 114 valence electrons. The zero-order valence-electron chi connectivity index (χ0n) is 12.7. The second-order valence-electron chi connectivity index (χ2n) is 4.70. The maximum absolute atomic E-state index is 11.8. The minimum Gasteiger partial charge on any atom is -0.466 e. The molecule has 0 bridgehead atoms. The van der Waals surface area contributed by atoms with Crippen molar-refractivity contribution in [1.82, 2.24) is 10.6 Å². The lowest BCUT2D eigenvalue weighted by Gasteiger charge is -2.06. The third-order valence-corrected chi connectivity index (χ3v) is 2.96. The third-order valence-electron chi connectivity index (χ3n) is 2.96. The minimum atomic E-state index is -0.329. The summed E-state index contributed by atoms with van der Waals surface area (Å²) < 4.78 is 4.59. The Hall–Kier alpha value is -2.14. The first-order valence-corrected chi connectivity index (χ1v) is 6.85. The highest BCUT2D eigenvalue weighted by molar-refractivity contribution is 5.94. The maximum atomic E-state index is 11.8. The summed E-state index contributed by atoms with van der Waals surface area (Å²) in [6.07, 6.45) is 1.76. The number of ether oxygens (including phenoxy) is 1. The molecule has 1 amide bonds. The largest absolute Gasteiger partial charge is 0.466 e. The van der Waals surface area contributed by atoms with E-state index in [0.29, 0.717) is 30.8 Å². The van der Waals surface area contributed by atoms with Gasteiger partial charge in [-0.3, -0.25) is 4.79 Å². The summed E-state index contributed by atoms with van der Waals surface area (Å²) in [5, 5.41) is 5.94. The van der Waals surface area contributed by atoms with Crippen LogP contribution in [0.25, 0.3) is 0 Å². The molecule has 0 aliphatic heterocycles. The van der Waals surface area contributed by atoms with Crippen molar-refractivity contribution in [3.63, 3.8) is 0 Å². The number of aryl methyl sites for hydroxylation is 1. The van der Waals surface area contributed by atoms with Crippen molar-refractivity contribution in [2.24, 2.45) is 0 Å². The van der Waals surface area contributed by atoms with Crippen LogP contribution in [0.4, 0.5) is 0 Å². The smallest absolute Gasteiger partial charge is 0.333 e. The van der Waals surface area contributed by atoms with Crippen LogP contribution >= 0.6 is 0 Å². The Morgan fingerprint density at radius 2 is 1.86 bits per heavy atom. The number of amides is 1. The molecule has 0 saturated carbocycles. The summed E-state index contributed by atoms with van der Waals surface area (Å²) >= 11 is 0. The van der Waals surface area contributed by atoms with Crippen LogP contribution in [-0.2, 0) is 9.53 Å². The monoisotopic (exact) mass is 290 g/mol. The topological polar surface area (TPSA) is 67.4 Å². The molecule has 1 aromatic rings. The van der Waals surface area contributed by atoms with Crippen LogP contribution < -0.4 is 10.6 Å². The van der Waals surface area contributed by atoms with Crippen molar-refractivity contribution in [3.8, 4) is 0 Å². The first-order chi connectivity index (χ1) is 10.0. The average Bonchev–Trinajstić information content (AvgIpc) is 2.50. The third kappa shape index (κ3) is 6.23. The van der Waals surface area contributed by atoms with Gasteiger partial charge in [0.15, 0.2) is 0 Å². The number of rotatable bonds is 7. The van der Waals surface area contributed by atoms with Crippen molar-refractivity contribution in [2.75, 3.05) is 26.7 Å². The molecule has 0 saturated heterocycles. The van der Waals surface area contributed by atoms with Crippen LogP contribution in [-0.4, -0.2) is 38.6 Å². The number of carbonyl (C=O) groups excluding carboxylic acids is 2. The number of hydrogen-bond acceptors (Lipinski definition) is 4. The quantitative estimate of drug-likeness (QED) is 0.453. The molecule has 0 unspecified atom stereocenters. The van der Waals surface area contributed by atoms with Gasteiger partial charge in [-0.05, 0) is 26.0 Å². The number of benzene rings is 1. The van der Waals surface area contributed by atoms with Crippen LogP contribution in [0.2, 0.25) is 0 Å². The molecule has 1 aromatic carbocycles. The minimum absolute atomic E-state index is 0.0851. The van der Waals surface area contributed by atoms with Crippen molar-refractivity contribution < 1.29 is 14.3 Å². The summed E-state index contributed by atoms with van der Waals surface area (Å²) in [4.78, 5) is 22.9. The van der Waals surface area contributed by atoms with E-state index in [0.717, 1.165) is 5.56 Å². The molecule has 0 aromatic heterocycles. The summed E-state index contributed by atoms with van der Waals surface area (Å²) in [6.45, 7) is 5.39. The Labute approximate surface area is 125 Å². The van der Waals surface area contributed by atoms with E-state index in [2.05, 4.69) is 15.4 Å². The number of hydrogen-bond donors (Lipinski definition) is 2. The molecule has 1 rings (SSSR count). The van der Waals surface area contributed by atoms with Gasteiger partial charge >= 0.3 is 5.97 Å². The fourth-order valence-electron chi connectivity index (χ4n) is 1.64. The van der Waals surface area contributed by atoms with Gasteiger partial charge in [-0.15, -0.1) is 0 Å². The van der Waals surface area contributed by atoms with Crippen molar-refractivity contribution in [1.29, 1.82) is 0 Å². The van der Waals surface area contributed by atoms with Gasteiger partial charge in [0, 0.05) is 30.8 Å². The molecule has 0 fully saturated rings. The second kappa shape index (κ2) is 8.92. The molecule has 0 aliphatic carbocycles. The van der Waals surface area contributed by atoms with E-state index in [9.17, 15) is 9.59 Å². The standard InChI is InChI=1S/C16H22N2O3/c1-12-4-6-14(7-5-12)15(19)18-11-10-17-9-8-13(2)16(20)21-3/h4-8,17H,9-11H2,1-3H3,(H,18,19)/b13-8+. The fourth-order valence-corrected chi connectivity index (χ4v) is 1.64. The number of carbonyl (C=O) groups is 2. The zero-order valence-corrected chi connectivity index (χ0v) is 12.7. The molecule has 0 aliphatic rings. The lowest BCUT2D eigenvalue weighted by molar-refractivity contribution is -0.136. The van der Waals surface area contributed by atoms with Gasteiger partial charge in [0.25, 0.3) is 5.91 Å². The van der Waals surface area contributed by atoms with Gasteiger partial charge in [-0.1, -0.05) is 23.8 Å². The first-order valence-electron chi connectivity index (χ1n) is 6.85. The molecule has 5 heteroatoms. The van der Waals surface area contributed by atoms with Crippen LogP contribution in [0.1, 0.15) is 22.8 Å². The maximum Gasteiger partial charge on any atom is 0.333 e. The van der Waals surface area contributed by atoms with Crippen molar-refractivity contribution >= 4 is 11.9 Å². The van der Waals surface area contributed by atoms with E-state index in [4.69, 9.17) is 0 Å². The Kier molecular flexibility index (Phi) is 7.18. The normalized spacial score (nSPS) is 11.1. The van der Waals surface area contributed by atoms with Crippen molar-refractivity contribution in [2.45, 2.75) is 13.8 Å². The fraction of sp³-hybridized carbons (Fsp3) is 0.375. The number of esters is 1.